The fourth-order valence-electron chi connectivity index (χ4n) is 1.62. The molecule has 1 aromatic carbocycles. The summed E-state index contributed by atoms with van der Waals surface area (Å²) in [6.45, 7) is 1.97. The first-order valence-corrected chi connectivity index (χ1v) is 4.39. The van der Waals surface area contributed by atoms with Crippen molar-refractivity contribution in [2.24, 2.45) is 5.84 Å². The van der Waals surface area contributed by atoms with E-state index < -0.39 is 0 Å². The van der Waals surface area contributed by atoms with Gasteiger partial charge in [-0.3, -0.25) is 5.84 Å². The highest BCUT2D eigenvalue weighted by atomic mass is 16.5. The van der Waals surface area contributed by atoms with E-state index in [4.69, 9.17) is 10.6 Å². The Bertz CT molecular complexity index is 462. The molecule has 0 saturated carbocycles. The summed E-state index contributed by atoms with van der Waals surface area (Å²) in [6, 6.07) is 5.84. The lowest BCUT2D eigenvalue weighted by Crippen LogP contribution is -2.07. The number of fused-ring (bicyclic) bond motifs is 1. The maximum atomic E-state index is 5.44. The number of H-pyrrole nitrogens is 1. The number of methoxy groups -OCH3 is 1. The van der Waals surface area contributed by atoms with Crippen molar-refractivity contribution in [3.8, 4) is 5.75 Å². The third-order valence-electron chi connectivity index (χ3n) is 2.34. The number of aryl methyl sites for hydroxylation is 1. The summed E-state index contributed by atoms with van der Waals surface area (Å²) in [7, 11) is 1.65. The molecule has 0 aliphatic heterocycles. The van der Waals surface area contributed by atoms with Gasteiger partial charge >= 0.3 is 0 Å². The second-order valence-corrected chi connectivity index (χ2v) is 3.18. The molecule has 1 aromatic heterocycles. The van der Waals surface area contributed by atoms with Crippen LogP contribution in [-0.2, 0) is 0 Å². The number of benzene rings is 1. The number of ether oxygens (including phenoxy) is 1. The van der Waals surface area contributed by atoms with Gasteiger partial charge in [0, 0.05) is 16.6 Å². The standard InChI is InChI=1S/C10H13N3O/c1-6-10(13-11)8-5-7(14-2)3-4-9(8)12-6/h3-5,12-13H,11H2,1-2H3. The van der Waals surface area contributed by atoms with Crippen LogP contribution in [0.15, 0.2) is 18.2 Å². The lowest BCUT2D eigenvalue weighted by atomic mass is 10.2. The van der Waals surface area contributed by atoms with Crippen LogP contribution in [0.2, 0.25) is 0 Å². The predicted molar refractivity (Wildman–Crippen MR) is 57.4 cm³/mol. The van der Waals surface area contributed by atoms with Crippen LogP contribution in [0.3, 0.4) is 0 Å². The molecule has 0 fully saturated rings. The van der Waals surface area contributed by atoms with Crippen LogP contribution < -0.4 is 16.0 Å². The lowest BCUT2D eigenvalue weighted by molar-refractivity contribution is 0.415. The predicted octanol–water partition coefficient (Wildman–Crippen LogP) is 1.77. The second kappa shape index (κ2) is 3.23. The molecule has 0 bridgehead atoms. The Morgan fingerprint density at radius 3 is 2.86 bits per heavy atom. The van der Waals surface area contributed by atoms with Crippen LogP contribution in [-0.4, -0.2) is 12.1 Å². The molecular weight excluding hydrogens is 178 g/mol. The molecule has 74 valence electrons. The molecule has 0 aliphatic rings. The van der Waals surface area contributed by atoms with Crippen LogP contribution in [0.25, 0.3) is 10.9 Å². The summed E-state index contributed by atoms with van der Waals surface area (Å²) >= 11 is 0. The lowest BCUT2D eigenvalue weighted by Gasteiger charge is -2.01. The molecular formula is C10H13N3O. The highest BCUT2D eigenvalue weighted by molar-refractivity contribution is 5.95. The van der Waals surface area contributed by atoms with Gasteiger partial charge in [0.2, 0.25) is 0 Å². The summed E-state index contributed by atoms with van der Waals surface area (Å²) in [5.41, 5.74) is 5.67. The molecule has 4 N–H and O–H groups in total. The van der Waals surface area contributed by atoms with E-state index >= 15 is 0 Å². The summed E-state index contributed by atoms with van der Waals surface area (Å²) in [4.78, 5) is 3.23. The Kier molecular flexibility index (Phi) is 2.05. The van der Waals surface area contributed by atoms with E-state index in [9.17, 15) is 0 Å². The Labute approximate surface area is 82.0 Å². The molecule has 1 heterocycles. The SMILES string of the molecule is COc1ccc2[nH]c(C)c(NN)c2c1. The van der Waals surface area contributed by atoms with Crippen molar-refractivity contribution in [1.82, 2.24) is 4.98 Å². The summed E-state index contributed by atoms with van der Waals surface area (Å²) in [5.74, 6) is 6.27. The number of nitrogens with one attached hydrogen (secondary N) is 2. The van der Waals surface area contributed by atoms with Crippen molar-refractivity contribution in [3.63, 3.8) is 0 Å². The van der Waals surface area contributed by atoms with Gasteiger partial charge in [-0.25, -0.2) is 0 Å². The molecule has 2 aromatic rings. The highest BCUT2D eigenvalue weighted by Gasteiger charge is 2.07. The van der Waals surface area contributed by atoms with Gasteiger partial charge < -0.3 is 15.1 Å². The van der Waals surface area contributed by atoms with Crippen LogP contribution >= 0.6 is 0 Å². The minimum atomic E-state index is 0.827. The molecule has 0 spiro atoms. The van der Waals surface area contributed by atoms with Crippen LogP contribution in [0.5, 0.6) is 5.75 Å². The van der Waals surface area contributed by atoms with E-state index in [2.05, 4.69) is 10.4 Å². The Morgan fingerprint density at radius 2 is 2.21 bits per heavy atom. The van der Waals surface area contributed by atoms with Crippen molar-refractivity contribution in [3.05, 3.63) is 23.9 Å². The van der Waals surface area contributed by atoms with Crippen LogP contribution in [0, 0.1) is 6.92 Å². The molecule has 0 saturated heterocycles. The number of anilines is 1. The number of hydrogen-bond donors (Lipinski definition) is 3. The van der Waals surface area contributed by atoms with E-state index in [0.717, 1.165) is 28.0 Å². The average Bonchev–Trinajstić information content (AvgIpc) is 2.52. The number of aromatic amines is 1. The topological polar surface area (TPSA) is 63.1 Å². The smallest absolute Gasteiger partial charge is 0.119 e. The number of aromatic nitrogens is 1. The van der Waals surface area contributed by atoms with Gasteiger partial charge in [-0.1, -0.05) is 0 Å². The Morgan fingerprint density at radius 1 is 1.43 bits per heavy atom. The van der Waals surface area contributed by atoms with Crippen LogP contribution in [0.4, 0.5) is 5.69 Å². The molecule has 4 heteroatoms. The fraction of sp³-hybridized carbons (Fsp3) is 0.200. The average molecular weight is 191 g/mol. The molecule has 14 heavy (non-hydrogen) atoms. The van der Waals surface area contributed by atoms with E-state index in [0.29, 0.717) is 0 Å². The van der Waals surface area contributed by atoms with E-state index in [1.807, 2.05) is 25.1 Å². The molecule has 0 aliphatic carbocycles. The zero-order chi connectivity index (χ0) is 10.1. The van der Waals surface area contributed by atoms with Crippen molar-refractivity contribution in [1.29, 1.82) is 0 Å². The summed E-state index contributed by atoms with van der Waals surface area (Å²) in [6.07, 6.45) is 0. The van der Waals surface area contributed by atoms with Gasteiger partial charge in [0.25, 0.3) is 0 Å². The minimum absolute atomic E-state index is 0.827. The molecule has 0 unspecified atom stereocenters. The van der Waals surface area contributed by atoms with Gasteiger partial charge in [-0.15, -0.1) is 0 Å². The quantitative estimate of drug-likeness (QED) is 0.500. The van der Waals surface area contributed by atoms with Gasteiger partial charge in [-0.05, 0) is 25.1 Å². The number of hydrogen-bond acceptors (Lipinski definition) is 3. The maximum absolute atomic E-state index is 5.44. The summed E-state index contributed by atoms with van der Waals surface area (Å²) < 4.78 is 5.15. The van der Waals surface area contributed by atoms with Crippen LogP contribution in [0.1, 0.15) is 5.69 Å². The fourth-order valence-corrected chi connectivity index (χ4v) is 1.62. The first-order chi connectivity index (χ1) is 6.76. The third-order valence-corrected chi connectivity index (χ3v) is 2.34. The molecule has 0 radical (unpaired) electrons. The largest absolute Gasteiger partial charge is 0.497 e. The van der Waals surface area contributed by atoms with Crippen molar-refractivity contribution >= 4 is 16.6 Å². The molecule has 4 nitrogen and oxygen atoms in total. The Hall–Kier alpha value is -1.68. The molecule has 2 rings (SSSR count). The normalized spacial score (nSPS) is 10.5. The van der Waals surface area contributed by atoms with E-state index in [1.165, 1.54) is 0 Å². The van der Waals surface area contributed by atoms with Crippen molar-refractivity contribution < 1.29 is 4.74 Å². The van der Waals surface area contributed by atoms with Gasteiger partial charge in [0.15, 0.2) is 0 Å². The Balaban J connectivity index is 2.71. The molecule has 0 atom stereocenters. The number of hydrazine groups is 1. The van der Waals surface area contributed by atoms with Gasteiger partial charge in [-0.2, -0.15) is 0 Å². The number of nitrogen functional groups attached to an aromatic ring is 1. The zero-order valence-electron chi connectivity index (χ0n) is 8.22. The zero-order valence-corrected chi connectivity index (χ0v) is 8.22. The van der Waals surface area contributed by atoms with Crippen molar-refractivity contribution in [2.75, 3.05) is 12.5 Å². The number of nitrogens with two attached hydrogens (primary N) is 1. The first kappa shape index (κ1) is 8.90. The highest BCUT2D eigenvalue weighted by Crippen LogP contribution is 2.29. The maximum Gasteiger partial charge on any atom is 0.119 e. The van der Waals surface area contributed by atoms with E-state index in [1.54, 1.807) is 7.11 Å². The monoisotopic (exact) mass is 191 g/mol. The van der Waals surface area contributed by atoms with E-state index in [-0.39, 0.29) is 0 Å². The number of rotatable bonds is 2. The van der Waals surface area contributed by atoms with Gasteiger partial charge in [0.05, 0.1) is 12.8 Å². The third kappa shape index (κ3) is 1.20. The minimum Gasteiger partial charge on any atom is -0.497 e. The first-order valence-electron chi connectivity index (χ1n) is 4.39. The molecule has 0 amide bonds. The van der Waals surface area contributed by atoms with Gasteiger partial charge in [0.1, 0.15) is 5.75 Å². The van der Waals surface area contributed by atoms with Crippen molar-refractivity contribution in [2.45, 2.75) is 6.92 Å². The second-order valence-electron chi connectivity index (χ2n) is 3.18. The summed E-state index contributed by atoms with van der Waals surface area (Å²) in [5, 5.41) is 1.05.